The van der Waals surface area contributed by atoms with E-state index in [1.807, 2.05) is 36.2 Å². The van der Waals surface area contributed by atoms with E-state index in [1.165, 1.54) is 6.42 Å². The van der Waals surface area contributed by atoms with Crippen LogP contribution in [0, 0.1) is 11.8 Å². The van der Waals surface area contributed by atoms with Crippen molar-refractivity contribution in [3.05, 3.63) is 29.8 Å². The Hall–Kier alpha value is -1.26. The van der Waals surface area contributed by atoms with Crippen LogP contribution in [0.3, 0.4) is 0 Å². The van der Waals surface area contributed by atoms with E-state index in [0.29, 0.717) is 11.8 Å². The molecule has 1 aromatic rings. The molecule has 1 aliphatic rings. The minimum atomic E-state index is 0. The fourth-order valence-corrected chi connectivity index (χ4v) is 2.99. The van der Waals surface area contributed by atoms with E-state index in [0.717, 1.165) is 50.4 Å². The lowest BCUT2D eigenvalue weighted by molar-refractivity contribution is 0.0674. The van der Waals surface area contributed by atoms with Gasteiger partial charge in [-0.15, -0.1) is 12.4 Å². The van der Waals surface area contributed by atoms with Crippen molar-refractivity contribution in [2.45, 2.75) is 33.1 Å². The van der Waals surface area contributed by atoms with E-state index in [4.69, 9.17) is 4.74 Å². The van der Waals surface area contributed by atoms with Gasteiger partial charge in [0, 0.05) is 18.7 Å². The number of carbonyl (C=O) groups is 1. The molecular weight excluding hydrogens is 324 g/mol. The quantitative estimate of drug-likeness (QED) is 0.813. The minimum absolute atomic E-state index is 0. The molecule has 4 nitrogen and oxygen atoms in total. The second kappa shape index (κ2) is 10.6. The van der Waals surface area contributed by atoms with Gasteiger partial charge in [-0.25, -0.2) is 0 Å². The molecule has 1 atom stereocenters. The van der Waals surface area contributed by atoms with Gasteiger partial charge in [0.1, 0.15) is 5.75 Å². The lowest BCUT2D eigenvalue weighted by Crippen LogP contribution is -2.42. The maximum absolute atomic E-state index is 12.6. The Morgan fingerprint density at radius 1 is 1.33 bits per heavy atom. The van der Waals surface area contributed by atoms with Gasteiger partial charge >= 0.3 is 0 Å². The van der Waals surface area contributed by atoms with Crippen molar-refractivity contribution in [2.24, 2.45) is 11.8 Å². The molecule has 1 aliphatic heterocycles. The Morgan fingerprint density at radius 3 is 2.67 bits per heavy atom. The van der Waals surface area contributed by atoms with Gasteiger partial charge in [0.25, 0.3) is 5.91 Å². The molecule has 1 N–H and O–H groups in total. The Labute approximate surface area is 152 Å². The van der Waals surface area contributed by atoms with Gasteiger partial charge in [0.2, 0.25) is 0 Å². The van der Waals surface area contributed by atoms with Crippen LogP contribution in [0.15, 0.2) is 24.3 Å². The molecule has 0 bridgehead atoms. The van der Waals surface area contributed by atoms with E-state index < -0.39 is 0 Å². The van der Waals surface area contributed by atoms with Crippen molar-refractivity contribution in [3.8, 4) is 5.75 Å². The molecule has 2 rings (SSSR count). The van der Waals surface area contributed by atoms with Crippen molar-refractivity contribution in [1.82, 2.24) is 10.2 Å². The molecule has 1 heterocycles. The number of nitrogens with zero attached hydrogens (tertiary/aromatic N) is 1. The molecule has 136 valence electrons. The van der Waals surface area contributed by atoms with Crippen LogP contribution in [-0.2, 0) is 0 Å². The van der Waals surface area contributed by atoms with Crippen molar-refractivity contribution in [1.29, 1.82) is 0 Å². The average Bonchev–Trinajstić information content (AvgIpc) is 2.55. The molecule has 24 heavy (non-hydrogen) atoms. The number of nitrogens with one attached hydrogen (secondary N) is 1. The third kappa shape index (κ3) is 6.33. The fraction of sp³-hybridized carbons (Fsp3) is 0.632. The van der Waals surface area contributed by atoms with E-state index in [1.54, 1.807) is 0 Å². The highest BCUT2D eigenvalue weighted by molar-refractivity contribution is 5.94. The minimum Gasteiger partial charge on any atom is -0.494 e. The van der Waals surface area contributed by atoms with Crippen molar-refractivity contribution < 1.29 is 9.53 Å². The number of benzene rings is 1. The van der Waals surface area contributed by atoms with E-state index >= 15 is 0 Å². The lowest BCUT2D eigenvalue weighted by Gasteiger charge is -2.32. The van der Waals surface area contributed by atoms with Gasteiger partial charge in [0.15, 0.2) is 0 Å². The van der Waals surface area contributed by atoms with Crippen LogP contribution in [-0.4, -0.2) is 44.1 Å². The summed E-state index contributed by atoms with van der Waals surface area (Å²) in [6.45, 7) is 7.79. The molecule has 1 saturated heterocycles. The summed E-state index contributed by atoms with van der Waals surface area (Å²) in [7, 11) is 1.97. The molecule has 0 radical (unpaired) electrons. The Balaban J connectivity index is 0.00000288. The topological polar surface area (TPSA) is 41.6 Å². The number of carbonyl (C=O) groups excluding carboxylic acids is 1. The molecule has 0 spiro atoms. The summed E-state index contributed by atoms with van der Waals surface area (Å²) in [5.41, 5.74) is 0.756. The molecule has 0 aliphatic carbocycles. The zero-order valence-electron chi connectivity index (χ0n) is 15.1. The molecule has 1 fully saturated rings. The van der Waals surface area contributed by atoms with Crippen LogP contribution in [0.25, 0.3) is 0 Å². The first-order chi connectivity index (χ1) is 11.1. The molecule has 1 unspecified atom stereocenters. The lowest BCUT2D eigenvalue weighted by atomic mass is 9.97. The predicted octanol–water partition coefficient (Wildman–Crippen LogP) is 3.60. The average molecular weight is 355 g/mol. The van der Waals surface area contributed by atoms with Gasteiger partial charge in [-0.3, -0.25) is 4.79 Å². The molecule has 5 heteroatoms. The summed E-state index contributed by atoms with van der Waals surface area (Å²) < 4.78 is 5.71. The Bertz CT molecular complexity index is 489. The Kier molecular flexibility index (Phi) is 9.16. The van der Waals surface area contributed by atoms with Crippen LogP contribution in [0.2, 0.25) is 0 Å². The smallest absolute Gasteiger partial charge is 0.253 e. The number of rotatable bonds is 7. The summed E-state index contributed by atoms with van der Waals surface area (Å²) in [6, 6.07) is 7.58. The van der Waals surface area contributed by atoms with Gasteiger partial charge in [-0.1, -0.05) is 13.8 Å². The highest BCUT2D eigenvalue weighted by atomic mass is 35.5. The van der Waals surface area contributed by atoms with Gasteiger partial charge in [-0.05, 0) is 69.0 Å². The number of hydrogen-bond donors (Lipinski definition) is 1. The Morgan fingerprint density at radius 2 is 2.04 bits per heavy atom. The summed E-state index contributed by atoms with van der Waals surface area (Å²) in [4.78, 5) is 14.6. The predicted molar refractivity (Wildman–Crippen MR) is 101 cm³/mol. The highest BCUT2D eigenvalue weighted by Crippen LogP contribution is 2.20. The molecule has 1 aromatic carbocycles. The van der Waals surface area contributed by atoms with Gasteiger partial charge in [0.05, 0.1) is 6.61 Å². The van der Waals surface area contributed by atoms with Crippen LogP contribution in [0.1, 0.15) is 43.5 Å². The van der Waals surface area contributed by atoms with Crippen molar-refractivity contribution in [3.63, 3.8) is 0 Å². The monoisotopic (exact) mass is 354 g/mol. The number of hydrogen-bond acceptors (Lipinski definition) is 3. The number of ether oxygens (including phenoxy) is 1. The summed E-state index contributed by atoms with van der Waals surface area (Å²) in [5.74, 6) is 2.19. The standard InChI is InChI=1S/C19H30N2O2.ClH/c1-15(2)10-12-23-18-8-6-17(7-9-18)19(22)21-11-4-5-16(14-21)13-20-3;/h6-9,15-16,20H,4-5,10-14H2,1-3H3;1H. The maximum atomic E-state index is 12.6. The number of amides is 1. The van der Waals surface area contributed by atoms with Crippen LogP contribution in [0.5, 0.6) is 5.75 Å². The van der Waals surface area contributed by atoms with Gasteiger partial charge < -0.3 is 15.0 Å². The van der Waals surface area contributed by atoms with Crippen LogP contribution in [0.4, 0.5) is 0 Å². The zero-order chi connectivity index (χ0) is 16.7. The summed E-state index contributed by atoms with van der Waals surface area (Å²) in [6.07, 6.45) is 3.34. The van der Waals surface area contributed by atoms with Crippen molar-refractivity contribution in [2.75, 3.05) is 33.3 Å². The molecule has 0 saturated carbocycles. The molecular formula is C19H31ClN2O2. The third-order valence-electron chi connectivity index (χ3n) is 4.36. The van der Waals surface area contributed by atoms with E-state index in [2.05, 4.69) is 19.2 Å². The third-order valence-corrected chi connectivity index (χ3v) is 4.36. The fourth-order valence-electron chi connectivity index (χ4n) is 2.99. The normalized spacial score (nSPS) is 17.5. The molecule has 0 aromatic heterocycles. The zero-order valence-corrected chi connectivity index (χ0v) is 15.9. The van der Waals surface area contributed by atoms with E-state index in [9.17, 15) is 4.79 Å². The van der Waals surface area contributed by atoms with E-state index in [-0.39, 0.29) is 18.3 Å². The molecule has 1 amide bonds. The first-order valence-corrected chi connectivity index (χ1v) is 8.77. The number of likely N-dealkylation sites (tertiary alicyclic amines) is 1. The summed E-state index contributed by atoms with van der Waals surface area (Å²) >= 11 is 0. The largest absolute Gasteiger partial charge is 0.494 e. The highest BCUT2D eigenvalue weighted by Gasteiger charge is 2.23. The van der Waals surface area contributed by atoms with Crippen LogP contribution < -0.4 is 10.1 Å². The van der Waals surface area contributed by atoms with Crippen molar-refractivity contribution >= 4 is 18.3 Å². The first-order valence-electron chi connectivity index (χ1n) is 8.77. The SMILES string of the molecule is CNCC1CCCN(C(=O)c2ccc(OCCC(C)C)cc2)C1.Cl. The maximum Gasteiger partial charge on any atom is 0.253 e. The summed E-state index contributed by atoms with van der Waals surface area (Å²) in [5, 5.41) is 3.22. The van der Waals surface area contributed by atoms with Gasteiger partial charge in [-0.2, -0.15) is 0 Å². The second-order valence-corrected chi connectivity index (χ2v) is 6.87. The number of halogens is 1. The van der Waals surface area contributed by atoms with Crippen LogP contribution >= 0.6 is 12.4 Å². The second-order valence-electron chi connectivity index (χ2n) is 6.87. The first kappa shape index (κ1) is 20.8. The number of piperidine rings is 1.